The Morgan fingerprint density at radius 3 is 2.52 bits per heavy atom. The summed E-state index contributed by atoms with van der Waals surface area (Å²) in [6.07, 6.45) is 1.38. The molecule has 0 radical (unpaired) electrons. The lowest BCUT2D eigenvalue weighted by Gasteiger charge is -2.33. The Morgan fingerprint density at radius 2 is 1.85 bits per heavy atom. The third kappa shape index (κ3) is 5.76. The van der Waals surface area contributed by atoms with Crippen LogP contribution in [0, 0.1) is 6.92 Å². The number of nitrogens with two attached hydrogens (primary N) is 1. The van der Waals surface area contributed by atoms with Gasteiger partial charge in [-0.3, -0.25) is 5.10 Å². The number of hydrogen-bond acceptors (Lipinski definition) is 8. The van der Waals surface area contributed by atoms with Gasteiger partial charge < -0.3 is 20.7 Å². The number of amides is 1. The van der Waals surface area contributed by atoms with E-state index in [9.17, 15) is 4.79 Å². The van der Waals surface area contributed by atoms with Gasteiger partial charge in [0.25, 0.3) is 0 Å². The lowest BCUT2D eigenvalue weighted by molar-refractivity contribution is 0.0204. The molecule has 1 saturated heterocycles. The predicted molar refractivity (Wildman–Crippen MR) is 126 cm³/mol. The second kappa shape index (κ2) is 9.05. The number of nitrogens with one attached hydrogen (secondary N) is 2. The van der Waals surface area contributed by atoms with E-state index in [1.807, 2.05) is 58.0 Å². The first kappa shape index (κ1) is 22.5. The summed E-state index contributed by atoms with van der Waals surface area (Å²) in [6.45, 7) is 8.92. The fourth-order valence-electron chi connectivity index (χ4n) is 3.69. The van der Waals surface area contributed by atoms with Crippen LogP contribution in [-0.2, 0) is 4.74 Å². The Hall–Kier alpha value is -3.69. The number of likely N-dealkylation sites (tertiary alicyclic amines) is 1. The van der Waals surface area contributed by atoms with Crippen LogP contribution >= 0.6 is 0 Å². The summed E-state index contributed by atoms with van der Waals surface area (Å²) in [4.78, 5) is 27.0. The minimum absolute atomic E-state index is 0.116. The van der Waals surface area contributed by atoms with E-state index in [0.717, 1.165) is 29.8 Å². The molecule has 4 N–H and O–H groups in total. The quantitative estimate of drug-likeness (QED) is 0.543. The first-order valence-corrected chi connectivity index (χ1v) is 11.0. The molecular formula is C23H30N8O2. The van der Waals surface area contributed by atoms with Crippen molar-refractivity contribution in [3.8, 4) is 11.5 Å². The number of ether oxygens (including phenoxy) is 1. The van der Waals surface area contributed by atoms with Crippen molar-refractivity contribution in [1.29, 1.82) is 0 Å². The fourth-order valence-corrected chi connectivity index (χ4v) is 3.69. The second-order valence-corrected chi connectivity index (χ2v) is 9.28. The molecule has 0 aliphatic carbocycles. The van der Waals surface area contributed by atoms with Gasteiger partial charge in [0.1, 0.15) is 11.3 Å². The number of aromatic nitrogens is 5. The van der Waals surface area contributed by atoms with Gasteiger partial charge in [-0.05, 0) is 58.7 Å². The zero-order valence-corrected chi connectivity index (χ0v) is 19.4. The van der Waals surface area contributed by atoms with Crippen molar-refractivity contribution < 1.29 is 9.53 Å². The zero-order valence-electron chi connectivity index (χ0n) is 19.4. The standard InChI is InChI=1S/C23H30N8O2/c1-14-5-7-16(8-6-14)25-21-27-19(26-20(24)28-21)18-13-17(29-30-18)15-9-11-31(12-10-15)22(32)33-23(2,3)4/h5-8,13,15H,9-12H2,1-4H3,(H,29,30)(H3,24,25,26,27,28). The lowest BCUT2D eigenvalue weighted by atomic mass is 9.93. The molecule has 1 amide bonds. The topological polar surface area (TPSA) is 135 Å². The average Bonchev–Trinajstić information content (AvgIpc) is 3.24. The molecule has 10 heteroatoms. The third-order valence-electron chi connectivity index (χ3n) is 5.37. The van der Waals surface area contributed by atoms with E-state index >= 15 is 0 Å². The van der Waals surface area contributed by atoms with E-state index in [4.69, 9.17) is 10.5 Å². The van der Waals surface area contributed by atoms with E-state index in [1.165, 1.54) is 0 Å². The van der Waals surface area contributed by atoms with Crippen LogP contribution in [-0.4, -0.2) is 54.8 Å². The van der Waals surface area contributed by atoms with Gasteiger partial charge in [0.2, 0.25) is 11.9 Å². The highest BCUT2D eigenvalue weighted by Crippen LogP contribution is 2.29. The molecule has 174 valence electrons. The first-order chi connectivity index (χ1) is 15.7. The number of aromatic amines is 1. The molecule has 1 aromatic carbocycles. The van der Waals surface area contributed by atoms with Crippen LogP contribution < -0.4 is 11.1 Å². The van der Waals surface area contributed by atoms with Crippen LogP contribution in [0.2, 0.25) is 0 Å². The molecule has 2 aromatic heterocycles. The Balaban J connectivity index is 1.43. The molecule has 3 heterocycles. The summed E-state index contributed by atoms with van der Waals surface area (Å²) in [5.41, 5.74) is 9.03. The minimum Gasteiger partial charge on any atom is -0.444 e. The molecule has 0 unspecified atom stereocenters. The Morgan fingerprint density at radius 1 is 1.15 bits per heavy atom. The van der Waals surface area contributed by atoms with Gasteiger partial charge in [0.15, 0.2) is 5.82 Å². The van der Waals surface area contributed by atoms with Crippen molar-refractivity contribution in [2.45, 2.75) is 52.1 Å². The SMILES string of the molecule is Cc1ccc(Nc2nc(N)nc(-c3cc(C4CCN(C(=O)OC(C)(C)C)CC4)[nH]n3)n2)cc1. The number of nitrogens with zero attached hydrogens (tertiary/aromatic N) is 5. The highest BCUT2D eigenvalue weighted by atomic mass is 16.6. The molecule has 33 heavy (non-hydrogen) atoms. The molecular weight excluding hydrogens is 420 g/mol. The van der Waals surface area contributed by atoms with E-state index < -0.39 is 5.60 Å². The molecule has 0 saturated carbocycles. The predicted octanol–water partition coefficient (Wildman–Crippen LogP) is 4.01. The minimum atomic E-state index is -0.494. The first-order valence-electron chi connectivity index (χ1n) is 11.0. The molecule has 0 spiro atoms. The molecule has 1 aliphatic rings. The lowest BCUT2D eigenvalue weighted by Crippen LogP contribution is -2.41. The molecule has 3 aromatic rings. The van der Waals surface area contributed by atoms with Crippen molar-refractivity contribution in [2.75, 3.05) is 24.1 Å². The van der Waals surface area contributed by atoms with Gasteiger partial charge >= 0.3 is 6.09 Å². The van der Waals surface area contributed by atoms with E-state index in [1.54, 1.807) is 4.90 Å². The maximum Gasteiger partial charge on any atom is 0.410 e. The largest absolute Gasteiger partial charge is 0.444 e. The molecule has 1 aliphatic heterocycles. The van der Waals surface area contributed by atoms with Crippen LogP contribution in [0.15, 0.2) is 30.3 Å². The summed E-state index contributed by atoms with van der Waals surface area (Å²) in [5.74, 6) is 1.13. The van der Waals surface area contributed by atoms with Crippen molar-refractivity contribution in [3.63, 3.8) is 0 Å². The maximum absolute atomic E-state index is 12.3. The van der Waals surface area contributed by atoms with Gasteiger partial charge in [-0.2, -0.15) is 20.1 Å². The molecule has 0 atom stereocenters. The summed E-state index contributed by atoms with van der Waals surface area (Å²) in [7, 11) is 0. The Bertz CT molecular complexity index is 1110. The third-order valence-corrected chi connectivity index (χ3v) is 5.37. The number of carbonyl (C=O) groups excluding carboxylic acids is 1. The molecule has 1 fully saturated rings. The molecule has 10 nitrogen and oxygen atoms in total. The van der Waals surface area contributed by atoms with Gasteiger partial charge in [0.05, 0.1) is 0 Å². The van der Waals surface area contributed by atoms with Crippen molar-refractivity contribution in [2.24, 2.45) is 0 Å². The summed E-state index contributed by atoms with van der Waals surface area (Å²) < 4.78 is 5.48. The number of rotatable bonds is 4. The average molecular weight is 451 g/mol. The number of carbonyl (C=O) groups is 1. The van der Waals surface area contributed by atoms with E-state index in [0.29, 0.717) is 30.6 Å². The van der Waals surface area contributed by atoms with Crippen LogP contribution in [0.3, 0.4) is 0 Å². The van der Waals surface area contributed by atoms with Crippen molar-refractivity contribution >= 4 is 23.7 Å². The normalized spacial score (nSPS) is 14.8. The van der Waals surface area contributed by atoms with Crippen LogP contribution in [0.1, 0.15) is 50.8 Å². The van der Waals surface area contributed by atoms with Gasteiger partial charge in [-0.1, -0.05) is 17.7 Å². The van der Waals surface area contributed by atoms with Crippen molar-refractivity contribution in [3.05, 3.63) is 41.6 Å². The van der Waals surface area contributed by atoms with Gasteiger partial charge in [-0.25, -0.2) is 4.79 Å². The van der Waals surface area contributed by atoms with E-state index in [2.05, 4.69) is 30.5 Å². The number of anilines is 3. The molecule has 4 rings (SSSR count). The van der Waals surface area contributed by atoms with Gasteiger partial charge in [0, 0.05) is 30.4 Å². The summed E-state index contributed by atoms with van der Waals surface area (Å²) >= 11 is 0. The van der Waals surface area contributed by atoms with E-state index in [-0.39, 0.29) is 18.0 Å². The number of aryl methyl sites for hydroxylation is 1. The zero-order chi connectivity index (χ0) is 23.6. The number of piperidine rings is 1. The summed E-state index contributed by atoms with van der Waals surface area (Å²) in [5, 5.41) is 10.7. The highest BCUT2D eigenvalue weighted by Gasteiger charge is 2.28. The second-order valence-electron chi connectivity index (χ2n) is 9.28. The Labute approximate surface area is 193 Å². The maximum atomic E-state index is 12.3. The van der Waals surface area contributed by atoms with Crippen LogP contribution in [0.25, 0.3) is 11.5 Å². The monoisotopic (exact) mass is 450 g/mol. The number of nitrogen functional groups attached to an aromatic ring is 1. The van der Waals surface area contributed by atoms with Crippen LogP contribution in [0.5, 0.6) is 0 Å². The number of benzene rings is 1. The van der Waals surface area contributed by atoms with Gasteiger partial charge in [-0.15, -0.1) is 0 Å². The fraction of sp³-hybridized carbons (Fsp3) is 0.435. The van der Waals surface area contributed by atoms with Crippen molar-refractivity contribution in [1.82, 2.24) is 30.0 Å². The Kier molecular flexibility index (Phi) is 6.17. The molecule has 0 bridgehead atoms. The highest BCUT2D eigenvalue weighted by molar-refractivity contribution is 5.68. The smallest absolute Gasteiger partial charge is 0.410 e. The van der Waals surface area contributed by atoms with Crippen LogP contribution in [0.4, 0.5) is 22.4 Å². The summed E-state index contributed by atoms with van der Waals surface area (Å²) in [6, 6.07) is 9.85. The number of hydrogen-bond donors (Lipinski definition) is 3. The number of H-pyrrole nitrogens is 1.